The van der Waals surface area contributed by atoms with Crippen LogP contribution in [0, 0.1) is 11.8 Å². The van der Waals surface area contributed by atoms with Crippen LogP contribution in [0.4, 0.5) is 0 Å². The average Bonchev–Trinajstić information content (AvgIpc) is 2.38. The summed E-state index contributed by atoms with van der Waals surface area (Å²) in [6.45, 7) is 8.39. The van der Waals surface area contributed by atoms with Crippen molar-refractivity contribution in [3.05, 3.63) is 34.9 Å². The van der Waals surface area contributed by atoms with Gasteiger partial charge in [-0.1, -0.05) is 37.6 Å². The Labute approximate surface area is 128 Å². The summed E-state index contributed by atoms with van der Waals surface area (Å²) < 4.78 is 0. The van der Waals surface area contributed by atoms with Crippen molar-refractivity contribution in [3.63, 3.8) is 0 Å². The summed E-state index contributed by atoms with van der Waals surface area (Å²) in [6.07, 6.45) is 2.51. The largest absolute Gasteiger partial charge is 0.313 e. The first-order valence-electron chi connectivity index (χ1n) is 7.73. The van der Waals surface area contributed by atoms with Crippen molar-refractivity contribution in [1.29, 1.82) is 0 Å². The van der Waals surface area contributed by atoms with E-state index in [4.69, 9.17) is 11.6 Å². The molecule has 1 heterocycles. The second-order valence-corrected chi connectivity index (χ2v) is 6.83. The number of nitrogens with one attached hydrogen (secondary N) is 1. The second kappa shape index (κ2) is 7.44. The summed E-state index contributed by atoms with van der Waals surface area (Å²) >= 11 is 6.09. The van der Waals surface area contributed by atoms with Crippen molar-refractivity contribution in [1.82, 2.24) is 10.2 Å². The van der Waals surface area contributed by atoms with Gasteiger partial charge in [-0.3, -0.25) is 0 Å². The van der Waals surface area contributed by atoms with Gasteiger partial charge in [0.15, 0.2) is 0 Å². The maximum atomic E-state index is 6.09. The molecule has 1 saturated heterocycles. The zero-order valence-corrected chi connectivity index (χ0v) is 13.7. The Bertz CT molecular complexity index is 411. The minimum atomic E-state index is 0.390. The van der Waals surface area contributed by atoms with Gasteiger partial charge in [-0.05, 0) is 56.0 Å². The maximum absolute atomic E-state index is 6.09. The summed E-state index contributed by atoms with van der Waals surface area (Å²) in [5.41, 5.74) is 1.29. The molecule has 1 aliphatic rings. The predicted molar refractivity (Wildman–Crippen MR) is 87.3 cm³/mol. The second-order valence-electron chi connectivity index (χ2n) is 6.39. The lowest BCUT2D eigenvalue weighted by molar-refractivity contribution is 0.136. The highest BCUT2D eigenvalue weighted by Gasteiger charge is 2.22. The monoisotopic (exact) mass is 294 g/mol. The van der Waals surface area contributed by atoms with E-state index in [2.05, 4.69) is 36.2 Å². The lowest BCUT2D eigenvalue weighted by atomic mass is 9.91. The summed E-state index contributed by atoms with van der Waals surface area (Å²) in [7, 11) is 2.03. The molecule has 1 aliphatic heterocycles. The van der Waals surface area contributed by atoms with Gasteiger partial charge in [0.25, 0.3) is 0 Å². The third-order valence-corrected chi connectivity index (χ3v) is 4.51. The summed E-state index contributed by atoms with van der Waals surface area (Å²) in [6, 6.07) is 8.60. The van der Waals surface area contributed by atoms with Crippen molar-refractivity contribution in [2.75, 3.05) is 26.7 Å². The van der Waals surface area contributed by atoms with Gasteiger partial charge in [0.05, 0.1) is 0 Å². The Morgan fingerprint density at radius 1 is 1.30 bits per heavy atom. The highest BCUT2D eigenvalue weighted by molar-refractivity contribution is 6.30. The fourth-order valence-electron chi connectivity index (χ4n) is 3.49. The number of nitrogens with zero attached hydrogens (tertiary/aromatic N) is 1. The van der Waals surface area contributed by atoms with Gasteiger partial charge >= 0.3 is 0 Å². The number of likely N-dealkylation sites (tertiary alicyclic amines) is 1. The number of hydrogen-bond acceptors (Lipinski definition) is 2. The number of piperidine rings is 1. The molecule has 1 aromatic carbocycles. The molecular weight excluding hydrogens is 268 g/mol. The van der Waals surface area contributed by atoms with E-state index in [9.17, 15) is 0 Å². The quantitative estimate of drug-likeness (QED) is 0.884. The third kappa shape index (κ3) is 4.47. The van der Waals surface area contributed by atoms with Crippen LogP contribution in [0.15, 0.2) is 24.3 Å². The van der Waals surface area contributed by atoms with Crippen molar-refractivity contribution >= 4 is 11.6 Å². The first-order chi connectivity index (χ1) is 9.58. The van der Waals surface area contributed by atoms with Gasteiger partial charge in [0.2, 0.25) is 0 Å². The molecule has 20 heavy (non-hydrogen) atoms. The smallest absolute Gasteiger partial charge is 0.0409 e. The molecule has 1 N–H and O–H groups in total. The highest BCUT2D eigenvalue weighted by atomic mass is 35.5. The lowest BCUT2D eigenvalue weighted by Gasteiger charge is -2.35. The van der Waals surface area contributed by atoms with Gasteiger partial charge in [-0.2, -0.15) is 0 Å². The Morgan fingerprint density at radius 3 is 2.60 bits per heavy atom. The van der Waals surface area contributed by atoms with Gasteiger partial charge in [-0.15, -0.1) is 0 Å². The molecule has 1 fully saturated rings. The van der Waals surface area contributed by atoms with Gasteiger partial charge in [-0.25, -0.2) is 0 Å². The molecule has 0 aromatic heterocycles. The fraction of sp³-hybridized carbons (Fsp3) is 0.647. The Kier molecular flexibility index (Phi) is 5.88. The molecule has 0 aliphatic carbocycles. The van der Waals surface area contributed by atoms with Crippen LogP contribution in [-0.4, -0.2) is 31.6 Å². The number of hydrogen-bond donors (Lipinski definition) is 1. The molecule has 0 amide bonds. The minimum Gasteiger partial charge on any atom is -0.313 e. The average molecular weight is 295 g/mol. The zero-order chi connectivity index (χ0) is 14.5. The van der Waals surface area contributed by atoms with Crippen LogP contribution in [-0.2, 0) is 0 Å². The van der Waals surface area contributed by atoms with Crippen LogP contribution in [0.2, 0.25) is 5.02 Å². The number of halogens is 1. The summed E-state index contributed by atoms with van der Waals surface area (Å²) in [5.74, 6) is 1.66. The molecule has 3 atom stereocenters. The van der Waals surface area contributed by atoms with Gasteiger partial charge in [0.1, 0.15) is 0 Å². The maximum Gasteiger partial charge on any atom is 0.0409 e. The van der Waals surface area contributed by atoms with Crippen LogP contribution < -0.4 is 5.32 Å². The molecular formula is C17H27ClN2. The van der Waals surface area contributed by atoms with E-state index in [0.717, 1.165) is 29.8 Å². The van der Waals surface area contributed by atoms with Crippen LogP contribution in [0.25, 0.3) is 0 Å². The van der Waals surface area contributed by atoms with E-state index in [1.807, 2.05) is 19.2 Å². The first kappa shape index (κ1) is 15.8. The van der Waals surface area contributed by atoms with E-state index in [-0.39, 0.29) is 0 Å². The van der Waals surface area contributed by atoms with Gasteiger partial charge < -0.3 is 10.2 Å². The molecule has 0 spiro atoms. The molecule has 1 aromatic rings. The summed E-state index contributed by atoms with van der Waals surface area (Å²) in [4.78, 5) is 2.62. The van der Waals surface area contributed by atoms with E-state index in [0.29, 0.717) is 6.04 Å². The normalized spacial score (nSPS) is 25.6. The van der Waals surface area contributed by atoms with Crippen LogP contribution >= 0.6 is 11.6 Å². The van der Waals surface area contributed by atoms with E-state index in [1.165, 1.54) is 25.1 Å². The fourth-order valence-corrected chi connectivity index (χ4v) is 3.69. The molecule has 2 rings (SSSR count). The zero-order valence-electron chi connectivity index (χ0n) is 12.9. The topological polar surface area (TPSA) is 15.3 Å². The van der Waals surface area contributed by atoms with Crippen LogP contribution in [0.1, 0.15) is 38.3 Å². The van der Waals surface area contributed by atoms with E-state index >= 15 is 0 Å². The Balaban J connectivity index is 1.90. The van der Waals surface area contributed by atoms with E-state index < -0.39 is 0 Å². The lowest BCUT2D eigenvalue weighted by Crippen LogP contribution is -2.40. The van der Waals surface area contributed by atoms with Crippen molar-refractivity contribution in [2.45, 2.75) is 32.7 Å². The molecule has 0 bridgehead atoms. The third-order valence-electron chi connectivity index (χ3n) is 4.28. The van der Waals surface area contributed by atoms with E-state index in [1.54, 1.807) is 0 Å². The summed E-state index contributed by atoms with van der Waals surface area (Å²) in [5, 5.41) is 4.24. The molecule has 3 unspecified atom stereocenters. The number of rotatable bonds is 5. The van der Waals surface area contributed by atoms with Crippen LogP contribution in [0.5, 0.6) is 0 Å². The van der Waals surface area contributed by atoms with Gasteiger partial charge in [0, 0.05) is 24.2 Å². The Hall–Kier alpha value is -0.570. The van der Waals surface area contributed by atoms with Crippen molar-refractivity contribution in [3.8, 4) is 0 Å². The molecule has 2 nitrogen and oxygen atoms in total. The molecule has 0 saturated carbocycles. The highest BCUT2D eigenvalue weighted by Crippen LogP contribution is 2.24. The molecule has 112 valence electrons. The standard InChI is InChI=1S/C17H27ClN2/c1-13-9-14(2)12-20(11-13)8-7-17(19-3)15-5-4-6-16(18)10-15/h4-6,10,13-14,17,19H,7-9,11-12H2,1-3H3. The van der Waals surface area contributed by atoms with Crippen LogP contribution in [0.3, 0.4) is 0 Å². The molecule has 0 radical (unpaired) electrons. The predicted octanol–water partition coefficient (Wildman–Crippen LogP) is 3.97. The number of benzene rings is 1. The Morgan fingerprint density at radius 2 is 2.00 bits per heavy atom. The first-order valence-corrected chi connectivity index (χ1v) is 8.11. The SMILES string of the molecule is CNC(CCN1CC(C)CC(C)C1)c1cccc(Cl)c1. The minimum absolute atomic E-state index is 0.390. The van der Waals surface area contributed by atoms with Crippen molar-refractivity contribution in [2.24, 2.45) is 11.8 Å². The molecule has 3 heteroatoms. The van der Waals surface area contributed by atoms with Crippen molar-refractivity contribution < 1.29 is 0 Å².